The second kappa shape index (κ2) is 9.27. The minimum absolute atomic E-state index is 0.0318. The molecule has 1 unspecified atom stereocenters. The Morgan fingerprint density at radius 3 is 2.08 bits per heavy atom. The van der Waals surface area contributed by atoms with Gasteiger partial charge in [0.05, 0.1) is 0 Å². The fourth-order valence-electron chi connectivity index (χ4n) is 3.48. The average molecular weight is 435 g/mol. The number of halogens is 4. The molecule has 0 heterocycles. The van der Waals surface area contributed by atoms with E-state index in [9.17, 15) is 14.9 Å². The van der Waals surface area contributed by atoms with Crippen LogP contribution < -0.4 is 10.6 Å². The third-order valence-corrected chi connectivity index (χ3v) is 6.13. The van der Waals surface area contributed by atoms with Crippen LogP contribution in [0.5, 0.6) is 0 Å². The first-order valence-corrected chi connectivity index (χ1v) is 10.1. The highest BCUT2D eigenvalue weighted by atomic mass is 35.6. The van der Waals surface area contributed by atoms with E-state index >= 15 is 0 Å². The molecule has 2 N–H and O–H groups in total. The lowest BCUT2D eigenvalue weighted by Crippen LogP contribution is -2.58. The number of amides is 1. The molecular formula is C15H23Cl4N3O3. The summed E-state index contributed by atoms with van der Waals surface area (Å²) in [7, 11) is 0. The molecule has 2 aliphatic rings. The van der Waals surface area contributed by atoms with Crippen LogP contribution in [0.1, 0.15) is 51.4 Å². The molecule has 0 bridgehead atoms. The van der Waals surface area contributed by atoms with Crippen molar-refractivity contribution in [2.24, 2.45) is 5.92 Å². The maximum absolute atomic E-state index is 12.5. The fourth-order valence-corrected chi connectivity index (χ4v) is 4.09. The maximum Gasteiger partial charge on any atom is 0.224 e. The number of hydrogen-bond acceptors (Lipinski definition) is 4. The molecule has 0 spiro atoms. The van der Waals surface area contributed by atoms with E-state index in [1.807, 2.05) is 0 Å². The minimum Gasteiger partial charge on any atom is -0.336 e. The topological polar surface area (TPSA) is 84.3 Å². The Kier molecular flexibility index (Phi) is 7.89. The molecule has 1 atom stereocenters. The average Bonchev–Trinajstić information content (AvgIpc) is 2.54. The highest BCUT2D eigenvalue weighted by molar-refractivity contribution is 6.68. The van der Waals surface area contributed by atoms with Gasteiger partial charge in [0.2, 0.25) is 15.7 Å². The molecule has 0 aliphatic heterocycles. The summed E-state index contributed by atoms with van der Waals surface area (Å²) in [5.74, 6) is -0.275. The predicted octanol–water partition coefficient (Wildman–Crippen LogP) is 3.77. The summed E-state index contributed by atoms with van der Waals surface area (Å²) in [6.07, 6.45) is 4.38. The number of carbonyl (C=O) groups excluding carboxylic acids is 1. The molecule has 2 fully saturated rings. The smallest absolute Gasteiger partial charge is 0.224 e. The summed E-state index contributed by atoms with van der Waals surface area (Å²) < 4.78 is -1.71. The van der Waals surface area contributed by atoms with Gasteiger partial charge in [-0.3, -0.25) is 20.2 Å². The van der Waals surface area contributed by atoms with Crippen molar-refractivity contribution >= 4 is 52.3 Å². The quantitative estimate of drug-likeness (QED) is 0.298. The van der Waals surface area contributed by atoms with Crippen molar-refractivity contribution in [2.75, 3.05) is 0 Å². The minimum atomic E-state index is -1.71. The summed E-state index contributed by atoms with van der Waals surface area (Å²) in [6, 6.07) is -0.541. The van der Waals surface area contributed by atoms with E-state index in [1.165, 1.54) is 0 Å². The van der Waals surface area contributed by atoms with Gasteiger partial charge in [0.1, 0.15) is 6.17 Å². The zero-order valence-corrected chi connectivity index (χ0v) is 16.8. The molecule has 0 radical (unpaired) electrons. The number of nitrogens with one attached hydrogen (secondary N) is 2. The molecule has 2 saturated carbocycles. The number of alkyl halides is 4. The highest BCUT2D eigenvalue weighted by Gasteiger charge is 2.38. The van der Waals surface area contributed by atoms with Crippen molar-refractivity contribution in [2.45, 2.75) is 78.8 Å². The van der Waals surface area contributed by atoms with Gasteiger partial charge < -0.3 is 5.32 Å². The van der Waals surface area contributed by atoms with Gasteiger partial charge in [-0.05, 0) is 38.5 Å². The number of carbonyl (C=O) groups is 1. The van der Waals surface area contributed by atoms with E-state index in [2.05, 4.69) is 10.6 Å². The van der Waals surface area contributed by atoms with E-state index in [1.54, 1.807) is 0 Å². The van der Waals surface area contributed by atoms with Gasteiger partial charge in [-0.1, -0.05) is 34.8 Å². The lowest BCUT2D eigenvalue weighted by atomic mass is 9.88. The Labute approximate surface area is 167 Å². The van der Waals surface area contributed by atoms with Gasteiger partial charge >= 0.3 is 0 Å². The molecular weight excluding hydrogens is 412 g/mol. The lowest BCUT2D eigenvalue weighted by Gasteiger charge is -2.34. The molecule has 25 heavy (non-hydrogen) atoms. The largest absolute Gasteiger partial charge is 0.336 e. The van der Waals surface area contributed by atoms with E-state index in [0.717, 1.165) is 25.7 Å². The molecule has 0 aromatic rings. The Morgan fingerprint density at radius 1 is 1.04 bits per heavy atom. The first kappa shape index (κ1) is 21.3. The number of nitrogens with zero attached hydrogens (tertiary/aromatic N) is 1. The van der Waals surface area contributed by atoms with Gasteiger partial charge in [-0.25, -0.2) is 0 Å². The first-order chi connectivity index (χ1) is 11.7. The van der Waals surface area contributed by atoms with Crippen LogP contribution in [0, 0.1) is 16.0 Å². The standard InChI is InChI=1S/C15H23Cl4N3O3/c16-10-3-1-9(2-4-10)13(23)21-14(15(17,18)19)20-11-5-7-12(8-6-11)22(24)25/h9-12,14,20H,1-8H2,(H,21,23). The molecule has 144 valence electrons. The summed E-state index contributed by atoms with van der Waals surface area (Å²) in [6.45, 7) is 0. The van der Waals surface area contributed by atoms with Crippen LogP contribution in [0.15, 0.2) is 0 Å². The Morgan fingerprint density at radius 2 is 1.60 bits per heavy atom. The van der Waals surface area contributed by atoms with Gasteiger partial charge in [0, 0.05) is 35.1 Å². The van der Waals surface area contributed by atoms with Gasteiger partial charge in [0.15, 0.2) is 0 Å². The van der Waals surface area contributed by atoms with E-state index in [0.29, 0.717) is 25.7 Å². The van der Waals surface area contributed by atoms with Crippen LogP contribution in [0.4, 0.5) is 0 Å². The van der Waals surface area contributed by atoms with E-state index in [4.69, 9.17) is 46.4 Å². The molecule has 10 heteroatoms. The van der Waals surface area contributed by atoms with Crippen molar-refractivity contribution < 1.29 is 9.72 Å². The summed E-state index contributed by atoms with van der Waals surface area (Å²) in [5, 5.41) is 16.9. The van der Waals surface area contributed by atoms with Gasteiger partial charge in [0.25, 0.3) is 0 Å². The fraction of sp³-hybridized carbons (Fsp3) is 0.933. The van der Waals surface area contributed by atoms with Crippen molar-refractivity contribution in [1.82, 2.24) is 10.6 Å². The Bertz CT molecular complexity index is 473. The predicted molar refractivity (Wildman–Crippen MR) is 100.0 cm³/mol. The van der Waals surface area contributed by atoms with Crippen LogP contribution >= 0.6 is 46.4 Å². The molecule has 2 aliphatic carbocycles. The zero-order chi connectivity index (χ0) is 18.6. The van der Waals surface area contributed by atoms with E-state index < -0.39 is 16.0 Å². The van der Waals surface area contributed by atoms with Crippen molar-refractivity contribution in [3.8, 4) is 0 Å². The van der Waals surface area contributed by atoms with Gasteiger partial charge in [-0.15, -0.1) is 11.6 Å². The molecule has 0 saturated heterocycles. The van der Waals surface area contributed by atoms with E-state index in [-0.39, 0.29) is 28.2 Å². The summed E-state index contributed by atoms with van der Waals surface area (Å²) >= 11 is 24.2. The summed E-state index contributed by atoms with van der Waals surface area (Å²) in [4.78, 5) is 23.1. The number of hydrogen-bond donors (Lipinski definition) is 2. The number of nitro groups is 1. The second-order valence-corrected chi connectivity index (χ2v) is 9.88. The SMILES string of the molecule is O=C(NC(NC1CCC([N+](=O)[O-])CC1)C(Cl)(Cl)Cl)C1CCC(Cl)CC1. The van der Waals surface area contributed by atoms with Crippen LogP contribution in [0.3, 0.4) is 0 Å². The second-order valence-electron chi connectivity index (χ2n) is 6.89. The number of rotatable bonds is 5. The van der Waals surface area contributed by atoms with Crippen LogP contribution in [-0.2, 0) is 4.79 Å². The van der Waals surface area contributed by atoms with Crippen LogP contribution in [-0.4, -0.2) is 38.2 Å². The van der Waals surface area contributed by atoms with Crippen molar-refractivity contribution in [3.05, 3.63) is 10.1 Å². The summed E-state index contributed by atoms with van der Waals surface area (Å²) in [5.41, 5.74) is 0. The lowest BCUT2D eigenvalue weighted by molar-refractivity contribution is -0.526. The molecule has 6 nitrogen and oxygen atoms in total. The molecule has 2 rings (SSSR count). The zero-order valence-electron chi connectivity index (χ0n) is 13.7. The molecule has 1 amide bonds. The maximum atomic E-state index is 12.5. The normalized spacial score (nSPS) is 32.0. The van der Waals surface area contributed by atoms with Crippen molar-refractivity contribution in [1.29, 1.82) is 0 Å². The Balaban J connectivity index is 1.89. The van der Waals surface area contributed by atoms with Gasteiger partial charge in [-0.2, -0.15) is 0 Å². The van der Waals surface area contributed by atoms with Crippen LogP contribution in [0.2, 0.25) is 0 Å². The van der Waals surface area contributed by atoms with Crippen molar-refractivity contribution in [3.63, 3.8) is 0 Å². The molecule has 0 aromatic heterocycles. The third-order valence-electron chi connectivity index (χ3n) is 5.04. The third kappa shape index (κ3) is 6.58. The van der Waals surface area contributed by atoms with Crippen LogP contribution in [0.25, 0.3) is 0 Å². The highest BCUT2D eigenvalue weighted by Crippen LogP contribution is 2.32. The first-order valence-electron chi connectivity index (χ1n) is 8.57. The Hall–Kier alpha value is -0.01000. The monoisotopic (exact) mass is 433 g/mol. The molecule has 0 aromatic carbocycles.